The Bertz CT molecular complexity index is 936. The number of pyridine rings is 1. The largest absolute Gasteiger partial charge is 0.506 e. The smallest absolute Gasteiger partial charge is 0.279 e. The summed E-state index contributed by atoms with van der Waals surface area (Å²) in [6, 6.07) is 6.85. The number of rotatable bonds is 12. The van der Waals surface area contributed by atoms with Crippen LogP contribution in [-0.2, 0) is 11.3 Å². The molecule has 3 N–H and O–H groups in total. The molecule has 31 heavy (non-hydrogen) atoms. The van der Waals surface area contributed by atoms with Crippen LogP contribution >= 0.6 is 0 Å². The summed E-state index contributed by atoms with van der Waals surface area (Å²) in [5, 5.41) is 10.9. The predicted octanol–water partition coefficient (Wildman–Crippen LogP) is 4.41. The van der Waals surface area contributed by atoms with Crippen molar-refractivity contribution in [1.82, 2.24) is 15.4 Å². The van der Waals surface area contributed by atoms with Crippen LogP contribution < -0.4 is 16.4 Å². The van der Waals surface area contributed by atoms with Gasteiger partial charge in [-0.3, -0.25) is 25.2 Å². The monoisotopic (exact) mass is 429 g/mol. The first kappa shape index (κ1) is 24.4. The topological polar surface area (TPSA) is 100 Å². The van der Waals surface area contributed by atoms with E-state index in [0.717, 1.165) is 19.3 Å². The number of aromatic nitrogens is 1. The molecule has 0 saturated carbocycles. The minimum Gasteiger partial charge on any atom is -0.506 e. The molecule has 0 aliphatic carbocycles. The van der Waals surface area contributed by atoms with Gasteiger partial charge in [-0.05, 0) is 25.5 Å². The number of hydrogen-bond acceptors (Lipinski definition) is 4. The maximum Gasteiger partial charge on any atom is 0.279 e. The Labute approximate surface area is 183 Å². The third-order valence-corrected chi connectivity index (χ3v) is 5.51. The van der Waals surface area contributed by atoms with Crippen molar-refractivity contribution in [3.05, 3.63) is 40.2 Å². The van der Waals surface area contributed by atoms with Crippen molar-refractivity contribution in [2.24, 2.45) is 0 Å². The number of unbranched alkanes of at least 4 members (excludes halogenated alkanes) is 8. The van der Waals surface area contributed by atoms with Gasteiger partial charge in [-0.25, -0.2) is 0 Å². The van der Waals surface area contributed by atoms with Gasteiger partial charge in [0, 0.05) is 18.4 Å². The lowest BCUT2D eigenvalue weighted by Crippen LogP contribution is -2.44. The van der Waals surface area contributed by atoms with Crippen LogP contribution in [0.25, 0.3) is 10.9 Å². The summed E-state index contributed by atoms with van der Waals surface area (Å²) in [4.78, 5) is 37.3. The Morgan fingerprint density at radius 3 is 2.16 bits per heavy atom. The molecule has 0 bridgehead atoms. The van der Waals surface area contributed by atoms with E-state index in [9.17, 15) is 19.5 Å². The van der Waals surface area contributed by atoms with E-state index in [4.69, 9.17) is 0 Å². The first-order valence-corrected chi connectivity index (χ1v) is 11.4. The van der Waals surface area contributed by atoms with Crippen LogP contribution in [0.5, 0.6) is 5.75 Å². The highest BCUT2D eigenvalue weighted by molar-refractivity contribution is 6.02. The van der Waals surface area contributed by atoms with Gasteiger partial charge in [0.15, 0.2) is 0 Å². The van der Waals surface area contributed by atoms with Crippen LogP contribution in [0.4, 0.5) is 0 Å². The van der Waals surface area contributed by atoms with E-state index in [0.29, 0.717) is 23.9 Å². The van der Waals surface area contributed by atoms with Crippen LogP contribution in [0, 0.1) is 0 Å². The number of nitrogens with one attached hydrogen (secondary N) is 2. The lowest BCUT2D eigenvalue weighted by molar-refractivity contribution is -0.122. The standard InChI is InChI=1S/C24H35N3O4/c1-3-5-6-7-8-9-10-11-12-17-20(28)25-26-23(30)21-22(29)18-15-13-14-16-19(18)27(4-2)24(21)31/h13-16,29H,3-12,17H2,1-2H3,(H,25,28)(H,26,30). The zero-order valence-corrected chi connectivity index (χ0v) is 18.7. The molecule has 0 unspecified atom stereocenters. The van der Waals surface area contributed by atoms with Crippen molar-refractivity contribution in [2.45, 2.75) is 84.6 Å². The maximum absolute atomic E-state index is 12.7. The van der Waals surface area contributed by atoms with E-state index in [1.54, 1.807) is 31.2 Å². The van der Waals surface area contributed by atoms with Crippen LogP contribution in [0.2, 0.25) is 0 Å². The second-order valence-electron chi connectivity index (χ2n) is 7.87. The van der Waals surface area contributed by atoms with Gasteiger partial charge >= 0.3 is 0 Å². The molecule has 1 heterocycles. The van der Waals surface area contributed by atoms with E-state index >= 15 is 0 Å². The van der Waals surface area contributed by atoms with Crippen molar-refractivity contribution in [3.63, 3.8) is 0 Å². The van der Waals surface area contributed by atoms with Gasteiger partial charge in [-0.2, -0.15) is 0 Å². The Balaban J connectivity index is 1.83. The van der Waals surface area contributed by atoms with E-state index in [-0.39, 0.29) is 17.2 Å². The van der Waals surface area contributed by atoms with Crippen molar-refractivity contribution in [2.75, 3.05) is 0 Å². The van der Waals surface area contributed by atoms with Crippen molar-refractivity contribution >= 4 is 22.7 Å². The Hall–Kier alpha value is -2.83. The molecule has 0 aliphatic heterocycles. The highest BCUT2D eigenvalue weighted by atomic mass is 16.3. The van der Waals surface area contributed by atoms with Gasteiger partial charge in [-0.15, -0.1) is 0 Å². The van der Waals surface area contributed by atoms with Crippen molar-refractivity contribution < 1.29 is 14.7 Å². The highest BCUT2D eigenvalue weighted by Crippen LogP contribution is 2.26. The van der Waals surface area contributed by atoms with Gasteiger partial charge in [-0.1, -0.05) is 70.4 Å². The van der Waals surface area contributed by atoms with Gasteiger partial charge in [0.25, 0.3) is 11.5 Å². The molecule has 0 aliphatic rings. The average Bonchev–Trinajstić information content (AvgIpc) is 2.77. The number of carbonyl (C=O) groups excluding carboxylic acids is 2. The van der Waals surface area contributed by atoms with E-state index in [1.165, 1.54) is 43.1 Å². The molecule has 2 rings (SSSR count). The molecule has 2 amide bonds. The molecule has 0 radical (unpaired) electrons. The SMILES string of the molecule is CCCCCCCCCCCC(=O)NNC(=O)c1c(O)c2ccccc2n(CC)c1=O. The van der Waals surface area contributed by atoms with Crippen LogP contribution in [0.15, 0.2) is 29.1 Å². The fourth-order valence-corrected chi connectivity index (χ4v) is 3.76. The maximum atomic E-state index is 12.7. The van der Waals surface area contributed by atoms with E-state index < -0.39 is 11.5 Å². The van der Waals surface area contributed by atoms with Gasteiger partial charge in [0.2, 0.25) is 5.91 Å². The normalized spacial score (nSPS) is 10.9. The van der Waals surface area contributed by atoms with Gasteiger partial charge in [0.1, 0.15) is 11.3 Å². The van der Waals surface area contributed by atoms with Crippen LogP contribution in [0.3, 0.4) is 0 Å². The number of para-hydroxylation sites is 1. The molecule has 7 heteroatoms. The highest BCUT2D eigenvalue weighted by Gasteiger charge is 2.22. The van der Waals surface area contributed by atoms with E-state index in [2.05, 4.69) is 17.8 Å². The lowest BCUT2D eigenvalue weighted by atomic mass is 10.1. The minimum absolute atomic E-state index is 0.305. The van der Waals surface area contributed by atoms with Crippen LogP contribution in [-0.4, -0.2) is 21.5 Å². The lowest BCUT2D eigenvalue weighted by Gasteiger charge is -2.14. The average molecular weight is 430 g/mol. The molecule has 2 aromatic rings. The number of aromatic hydroxyl groups is 1. The summed E-state index contributed by atoms with van der Waals surface area (Å²) in [6.07, 6.45) is 10.7. The number of amides is 2. The third kappa shape index (κ3) is 6.84. The Kier molecular flexibility index (Phi) is 10.1. The summed E-state index contributed by atoms with van der Waals surface area (Å²) >= 11 is 0. The summed E-state index contributed by atoms with van der Waals surface area (Å²) in [5.41, 5.74) is 4.20. The zero-order valence-electron chi connectivity index (χ0n) is 18.7. The fraction of sp³-hybridized carbons (Fsp3) is 0.542. The molecule has 170 valence electrons. The summed E-state index contributed by atoms with van der Waals surface area (Å²) in [5.74, 6) is -1.51. The quantitative estimate of drug-likeness (QED) is 0.344. The molecule has 0 atom stereocenters. The number of hydrogen-bond donors (Lipinski definition) is 3. The first-order valence-electron chi connectivity index (χ1n) is 11.4. The minimum atomic E-state index is -0.823. The van der Waals surface area contributed by atoms with Gasteiger partial charge in [0.05, 0.1) is 5.52 Å². The van der Waals surface area contributed by atoms with Crippen LogP contribution in [0.1, 0.15) is 88.4 Å². The number of nitrogens with zero attached hydrogens (tertiary/aromatic N) is 1. The second-order valence-corrected chi connectivity index (χ2v) is 7.87. The number of fused-ring (bicyclic) bond motifs is 1. The van der Waals surface area contributed by atoms with Crippen molar-refractivity contribution in [3.8, 4) is 5.75 Å². The van der Waals surface area contributed by atoms with Gasteiger partial charge < -0.3 is 9.67 Å². The summed E-state index contributed by atoms with van der Waals surface area (Å²) in [7, 11) is 0. The first-order chi connectivity index (χ1) is 15.0. The predicted molar refractivity (Wildman–Crippen MR) is 123 cm³/mol. The molecule has 0 saturated heterocycles. The molecule has 0 fully saturated rings. The molecule has 7 nitrogen and oxygen atoms in total. The van der Waals surface area contributed by atoms with Crippen molar-refractivity contribution in [1.29, 1.82) is 0 Å². The number of carbonyl (C=O) groups is 2. The molecular weight excluding hydrogens is 394 g/mol. The Morgan fingerprint density at radius 2 is 1.52 bits per heavy atom. The summed E-state index contributed by atoms with van der Waals surface area (Å²) < 4.78 is 1.42. The molecule has 0 spiro atoms. The zero-order chi connectivity index (χ0) is 22.6. The fourth-order valence-electron chi connectivity index (χ4n) is 3.76. The molecule has 1 aromatic heterocycles. The second kappa shape index (κ2) is 12.8. The summed E-state index contributed by atoms with van der Waals surface area (Å²) in [6.45, 7) is 4.35. The molecule has 1 aromatic carbocycles. The number of benzene rings is 1. The third-order valence-electron chi connectivity index (χ3n) is 5.51. The number of aryl methyl sites for hydroxylation is 1. The molecular formula is C24H35N3O4. The Morgan fingerprint density at radius 1 is 0.903 bits per heavy atom. The number of hydrazine groups is 1. The van der Waals surface area contributed by atoms with E-state index in [1.807, 2.05) is 0 Å².